The molecule has 74 valence electrons. The van der Waals surface area contributed by atoms with Crippen LogP contribution >= 0.6 is 0 Å². The van der Waals surface area contributed by atoms with Crippen LogP contribution in [0.2, 0.25) is 0 Å². The lowest BCUT2D eigenvalue weighted by Gasteiger charge is -2.21. The summed E-state index contributed by atoms with van der Waals surface area (Å²) in [5, 5.41) is 8.39. The van der Waals surface area contributed by atoms with Crippen LogP contribution in [0.15, 0.2) is 0 Å². The van der Waals surface area contributed by atoms with E-state index in [4.69, 9.17) is 5.26 Å². The lowest BCUT2D eigenvalue weighted by molar-refractivity contribution is -0.131. The smallest absolute Gasteiger partial charge is 0.236 e. The van der Waals surface area contributed by atoms with Gasteiger partial charge in [-0.2, -0.15) is 5.26 Å². The van der Waals surface area contributed by atoms with Gasteiger partial charge in [-0.3, -0.25) is 9.69 Å². The van der Waals surface area contributed by atoms with E-state index in [1.807, 2.05) is 19.9 Å². The van der Waals surface area contributed by atoms with Crippen LogP contribution in [-0.2, 0) is 4.79 Å². The zero-order valence-electron chi connectivity index (χ0n) is 8.58. The third kappa shape index (κ3) is 4.48. The summed E-state index contributed by atoms with van der Waals surface area (Å²) >= 11 is 0. The van der Waals surface area contributed by atoms with Crippen molar-refractivity contribution in [1.82, 2.24) is 9.80 Å². The topological polar surface area (TPSA) is 47.3 Å². The monoisotopic (exact) mass is 183 g/mol. The van der Waals surface area contributed by atoms with Gasteiger partial charge < -0.3 is 4.90 Å². The molecule has 0 atom stereocenters. The fourth-order valence-electron chi connectivity index (χ4n) is 1.08. The van der Waals surface area contributed by atoms with Gasteiger partial charge in [-0.1, -0.05) is 0 Å². The summed E-state index contributed by atoms with van der Waals surface area (Å²) in [6, 6.07) is 2.00. The fraction of sp³-hybridized carbons (Fsp3) is 0.778. The van der Waals surface area contributed by atoms with Gasteiger partial charge in [0.1, 0.15) is 0 Å². The van der Waals surface area contributed by atoms with E-state index in [1.165, 1.54) is 0 Å². The standard InChI is InChI=1S/C9H17N3O/c1-4-12(5-2)9(13)8-11(3)7-6-10/h4-5,7-8H2,1-3H3. The number of likely N-dealkylation sites (N-methyl/N-ethyl adjacent to an activating group) is 2. The van der Waals surface area contributed by atoms with Crippen molar-refractivity contribution in [3.63, 3.8) is 0 Å². The maximum atomic E-state index is 11.5. The second-order valence-corrected chi connectivity index (χ2v) is 2.90. The first kappa shape index (κ1) is 11.9. The Balaban J connectivity index is 3.91. The van der Waals surface area contributed by atoms with Crippen LogP contribution in [0.25, 0.3) is 0 Å². The molecule has 0 radical (unpaired) electrons. The highest BCUT2D eigenvalue weighted by Gasteiger charge is 2.11. The number of hydrogen-bond donors (Lipinski definition) is 0. The van der Waals surface area contributed by atoms with Gasteiger partial charge in [0.2, 0.25) is 5.91 Å². The Bertz CT molecular complexity index is 194. The third-order valence-corrected chi connectivity index (χ3v) is 1.86. The summed E-state index contributed by atoms with van der Waals surface area (Å²) < 4.78 is 0. The fourth-order valence-corrected chi connectivity index (χ4v) is 1.08. The number of rotatable bonds is 5. The van der Waals surface area contributed by atoms with E-state index in [-0.39, 0.29) is 5.91 Å². The molecular formula is C9H17N3O. The molecule has 0 fully saturated rings. The summed E-state index contributed by atoms with van der Waals surface area (Å²) in [5.74, 6) is 0.0859. The Morgan fingerprint density at radius 2 is 1.92 bits per heavy atom. The summed E-state index contributed by atoms with van der Waals surface area (Å²) in [7, 11) is 1.77. The van der Waals surface area contributed by atoms with Crippen LogP contribution in [0, 0.1) is 11.3 Å². The van der Waals surface area contributed by atoms with E-state index in [9.17, 15) is 4.79 Å². The van der Waals surface area contributed by atoms with Crippen LogP contribution < -0.4 is 0 Å². The number of carbonyl (C=O) groups is 1. The average Bonchev–Trinajstić information content (AvgIpc) is 2.06. The number of carbonyl (C=O) groups excluding carboxylic acids is 1. The minimum Gasteiger partial charge on any atom is -0.342 e. The first-order valence-corrected chi connectivity index (χ1v) is 4.48. The summed E-state index contributed by atoms with van der Waals surface area (Å²) in [6.45, 7) is 5.99. The van der Waals surface area contributed by atoms with E-state index >= 15 is 0 Å². The molecule has 0 aliphatic heterocycles. The molecule has 0 aromatic carbocycles. The van der Waals surface area contributed by atoms with Crippen molar-refractivity contribution in [1.29, 1.82) is 5.26 Å². The molecule has 0 aromatic rings. The quantitative estimate of drug-likeness (QED) is 0.576. The van der Waals surface area contributed by atoms with Crippen molar-refractivity contribution in [3.05, 3.63) is 0 Å². The Labute approximate surface area is 79.7 Å². The van der Waals surface area contributed by atoms with Crippen molar-refractivity contribution >= 4 is 5.91 Å². The molecule has 0 heterocycles. The van der Waals surface area contributed by atoms with Gasteiger partial charge in [0.15, 0.2) is 0 Å². The molecule has 0 bridgehead atoms. The molecule has 0 aliphatic rings. The van der Waals surface area contributed by atoms with Gasteiger partial charge in [0.25, 0.3) is 0 Å². The van der Waals surface area contributed by atoms with Gasteiger partial charge in [0.05, 0.1) is 19.2 Å². The maximum Gasteiger partial charge on any atom is 0.236 e. The highest BCUT2D eigenvalue weighted by atomic mass is 16.2. The summed E-state index contributed by atoms with van der Waals surface area (Å²) in [5.41, 5.74) is 0. The normalized spacial score (nSPS) is 9.77. The van der Waals surface area contributed by atoms with Crippen molar-refractivity contribution in [2.75, 3.05) is 33.2 Å². The number of hydrogen-bond acceptors (Lipinski definition) is 3. The molecule has 0 saturated heterocycles. The van der Waals surface area contributed by atoms with Crippen molar-refractivity contribution in [2.45, 2.75) is 13.8 Å². The first-order chi connectivity index (χ1) is 6.15. The molecule has 0 saturated carbocycles. The molecule has 0 unspecified atom stereocenters. The molecule has 0 rings (SSSR count). The number of amides is 1. The van der Waals surface area contributed by atoms with Crippen molar-refractivity contribution in [2.24, 2.45) is 0 Å². The zero-order valence-corrected chi connectivity index (χ0v) is 8.58. The van der Waals surface area contributed by atoms with E-state index < -0.39 is 0 Å². The predicted octanol–water partition coefficient (Wildman–Crippen LogP) is 0.310. The highest BCUT2D eigenvalue weighted by Crippen LogP contribution is 1.91. The SMILES string of the molecule is CCN(CC)C(=O)CN(C)CC#N. The summed E-state index contributed by atoms with van der Waals surface area (Å²) in [4.78, 5) is 14.9. The van der Waals surface area contributed by atoms with Gasteiger partial charge in [-0.25, -0.2) is 0 Å². The van der Waals surface area contributed by atoms with Crippen molar-refractivity contribution in [3.8, 4) is 6.07 Å². The Morgan fingerprint density at radius 3 is 2.31 bits per heavy atom. The van der Waals surface area contributed by atoms with Crippen LogP contribution in [0.3, 0.4) is 0 Å². The Morgan fingerprint density at radius 1 is 1.38 bits per heavy atom. The van der Waals surface area contributed by atoms with Crippen LogP contribution in [-0.4, -0.2) is 48.9 Å². The molecule has 4 heteroatoms. The third-order valence-electron chi connectivity index (χ3n) is 1.86. The van der Waals surface area contributed by atoms with E-state index in [2.05, 4.69) is 0 Å². The summed E-state index contributed by atoms with van der Waals surface area (Å²) in [6.07, 6.45) is 0. The largest absolute Gasteiger partial charge is 0.342 e. The van der Waals surface area contributed by atoms with Crippen LogP contribution in [0.1, 0.15) is 13.8 Å². The van der Waals surface area contributed by atoms with Gasteiger partial charge >= 0.3 is 0 Å². The number of nitriles is 1. The van der Waals surface area contributed by atoms with Crippen LogP contribution in [0.4, 0.5) is 0 Å². The van der Waals surface area contributed by atoms with Gasteiger partial charge in [-0.05, 0) is 20.9 Å². The lowest BCUT2D eigenvalue weighted by atomic mass is 10.4. The lowest BCUT2D eigenvalue weighted by Crippen LogP contribution is -2.38. The van der Waals surface area contributed by atoms with Crippen LogP contribution in [0.5, 0.6) is 0 Å². The van der Waals surface area contributed by atoms with E-state index in [1.54, 1.807) is 16.8 Å². The molecule has 0 aromatic heterocycles. The molecule has 0 spiro atoms. The first-order valence-electron chi connectivity index (χ1n) is 4.48. The van der Waals surface area contributed by atoms with E-state index in [0.29, 0.717) is 13.1 Å². The van der Waals surface area contributed by atoms with Crippen molar-refractivity contribution < 1.29 is 4.79 Å². The zero-order chi connectivity index (χ0) is 10.3. The maximum absolute atomic E-state index is 11.5. The highest BCUT2D eigenvalue weighted by molar-refractivity contribution is 5.78. The average molecular weight is 183 g/mol. The van der Waals surface area contributed by atoms with Gasteiger partial charge in [0, 0.05) is 13.1 Å². The molecule has 1 amide bonds. The van der Waals surface area contributed by atoms with E-state index in [0.717, 1.165) is 13.1 Å². The molecular weight excluding hydrogens is 166 g/mol. The second kappa shape index (κ2) is 6.44. The second-order valence-electron chi connectivity index (χ2n) is 2.90. The van der Waals surface area contributed by atoms with Gasteiger partial charge in [-0.15, -0.1) is 0 Å². The molecule has 0 aliphatic carbocycles. The number of nitrogens with zero attached hydrogens (tertiary/aromatic N) is 3. The molecule has 13 heavy (non-hydrogen) atoms. The molecule has 0 N–H and O–H groups in total. The predicted molar refractivity (Wildman–Crippen MR) is 51.0 cm³/mol. The Hall–Kier alpha value is -1.08. The minimum absolute atomic E-state index is 0.0859. The molecule has 4 nitrogen and oxygen atoms in total. The Kier molecular flexibility index (Phi) is 5.90. The minimum atomic E-state index is 0.0859.